The quantitative estimate of drug-likeness (QED) is 0.170. The van der Waals surface area contributed by atoms with Gasteiger partial charge < -0.3 is 39.0 Å². The molecular formula is C22H45NO9S. The number of hydrogen-bond donors (Lipinski definition) is 4. The summed E-state index contributed by atoms with van der Waals surface area (Å²) < 4.78 is 32.0. The lowest BCUT2D eigenvalue weighted by Gasteiger charge is -2.36. The minimum absolute atomic E-state index is 0.0105. The molecule has 1 aliphatic rings. The van der Waals surface area contributed by atoms with Crippen molar-refractivity contribution in [1.82, 2.24) is 4.47 Å². The summed E-state index contributed by atoms with van der Waals surface area (Å²) in [5.74, 6) is 0. The molecule has 0 aromatic rings. The molecule has 1 aliphatic heterocycles. The van der Waals surface area contributed by atoms with Gasteiger partial charge in [-0.3, -0.25) is 4.84 Å². The van der Waals surface area contributed by atoms with E-state index in [0.29, 0.717) is 6.42 Å². The Hall–Kier alpha value is -0.0500. The van der Waals surface area contributed by atoms with Crippen LogP contribution in [0.4, 0.5) is 0 Å². The van der Waals surface area contributed by atoms with Crippen molar-refractivity contribution < 1.29 is 43.8 Å². The van der Waals surface area contributed by atoms with Crippen LogP contribution in [0.3, 0.4) is 0 Å². The Balaban J connectivity index is 3.06. The lowest BCUT2D eigenvalue weighted by molar-refractivity contribution is -0.195. The summed E-state index contributed by atoms with van der Waals surface area (Å²) >= 11 is 4.09. The third-order valence-electron chi connectivity index (χ3n) is 5.19. The van der Waals surface area contributed by atoms with Gasteiger partial charge in [0.05, 0.1) is 56.4 Å². The van der Waals surface area contributed by atoms with Crippen LogP contribution in [-0.2, 0) is 28.5 Å². The SMILES string of the molecule is CC(CCO)OC(COC(C)(C)CO)C1OCC(OC(C)(C)CON(C)S)C1OC(C)CO. The molecule has 6 atom stereocenters. The molecule has 1 rings (SSSR count). The van der Waals surface area contributed by atoms with E-state index in [-0.39, 0.29) is 45.7 Å². The topological polar surface area (TPSA) is 119 Å². The number of ether oxygens (including phenoxy) is 5. The van der Waals surface area contributed by atoms with Crippen LogP contribution in [0.25, 0.3) is 0 Å². The van der Waals surface area contributed by atoms with Crippen molar-refractivity contribution in [2.24, 2.45) is 0 Å². The largest absolute Gasteiger partial charge is 0.396 e. The molecular weight excluding hydrogens is 454 g/mol. The van der Waals surface area contributed by atoms with E-state index in [2.05, 4.69) is 12.8 Å². The predicted molar refractivity (Wildman–Crippen MR) is 126 cm³/mol. The Morgan fingerprint density at radius 2 is 1.76 bits per heavy atom. The zero-order chi connectivity index (χ0) is 25.2. The standard InChI is InChI=1S/C22H45NO9S/c1-15(8-9-24)30-17(12-28-21(3,4)13-26)19-20(31-16(2)10-25)18(11-27-19)32-22(5,6)14-29-23(7)33/h15-20,24-26,33H,8-14H2,1-7H3. The van der Waals surface area contributed by atoms with Crippen LogP contribution < -0.4 is 0 Å². The number of hydrogen-bond acceptors (Lipinski definition) is 11. The van der Waals surface area contributed by atoms with Crippen LogP contribution in [-0.4, -0.2) is 114 Å². The van der Waals surface area contributed by atoms with Crippen molar-refractivity contribution >= 4 is 12.8 Å². The number of aliphatic hydroxyl groups is 3. The smallest absolute Gasteiger partial charge is 0.115 e. The molecule has 0 saturated carbocycles. The van der Waals surface area contributed by atoms with E-state index in [4.69, 9.17) is 28.5 Å². The maximum Gasteiger partial charge on any atom is 0.115 e. The Morgan fingerprint density at radius 3 is 2.30 bits per heavy atom. The van der Waals surface area contributed by atoms with Crippen molar-refractivity contribution in [3.8, 4) is 0 Å². The van der Waals surface area contributed by atoms with Crippen molar-refractivity contribution in [3.05, 3.63) is 0 Å². The van der Waals surface area contributed by atoms with Gasteiger partial charge in [-0.25, -0.2) is 0 Å². The van der Waals surface area contributed by atoms with Crippen molar-refractivity contribution in [1.29, 1.82) is 0 Å². The van der Waals surface area contributed by atoms with E-state index in [9.17, 15) is 15.3 Å². The Bertz CT molecular complexity index is 538. The number of hydroxylamine groups is 1. The van der Waals surface area contributed by atoms with Crippen molar-refractivity contribution in [2.45, 2.75) is 95.8 Å². The van der Waals surface area contributed by atoms with Gasteiger partial charge in [0.25, 0.3) is 0 Å². The van der Waals surface area contributed by atoms with E-state index in [1.165, 1.54) is 4.47 Å². The van der Waals surface area contributed by atoms with Crippen LogP contribution in [0.15, 0.2) is 0 Å². The van der Waals surface area contributed by atoms with Crippen LogP contribution in [0, 0.1) is 0 Å². The third-order valence-corrected chi connectivity index (χ3v) is 5.30. The van der Waals surface area contributed by atoms with Gasteiger partial charge in [0.15, 0.2) is 0 Å². The first-order valence-corrected chi connectivity index (χ1v) is 11.9. The van der Waals surface area contributed by atoms with Crippen molar-refractivity contribution in [3.63, 3.8) is 0 Å². The molecule has 33 heavy (non-hydrogen) atoms. The number of aliphatic hydroxyl groups excluding tert-OH is 3. The average molecular weight is 500 g/mol. The van der Waals surface area contributed by atoms with E-state index in [1.807, 2.05) is 20.8 Å². The van der Waals surface area contributed by atoms with Gasteiger partial charge in [0, 0.05) is 13.7 Å². The zero-order valence-electron chi connectivity index (χ0n) is 21.1. The first-order chi connectivity index (χ1) is 15.3. The van der Waals surface area contributed by atoms with Gasteiger partial charge >= 0.3 is 0 Å². The molecule has 0 aromatic heterocycles. The minimum Gasteiger partial charge on any atom is -0.396 e. The molecule has 0 radical (unpaired) electrons. The molecule has 10 nitrogen and oxygen atoms in total. The predicted octanol–water partition coefficient (Wildman–Crippen LogP) is 0.967. The second-order valence-corrected chi connectivity index (χ2v) is 10.3. The summed E-state index contributed by atoms with van der Waals surface area (Å²) in [5, 5.41) is 28.5. The monoisotopic (exact) mass is 499 g/mol. The average Bonchev–Trinajstić information content (AvgIpc) is 3.11. The first kappa shape index (κ1) is 31.0. The van der Waals surface area contributed by atoms with Gasteiger partial charge in [-0.05, 0) is 48.0 Å². The van der Waals surface area contributed by atoms with E-state index < -0.39 is 41.7 Å². The fourth-order valence-electron chi connectivity index (χ4n) is 3.31. The van der Waals surface area contributed by atoms with Crippen LogP contribution in [0.1, 0.15) is 48.0 Å². The minimum atomic E-state index is -0.761. The summed E-state index contributed by atoms with van der Waals surface area (Å²) in [6.45, 7) is 11.3. The summed E-state index contributed by atoms with van der Waals surface area (Å²) in [6, 6.07) is 0. The molecule has 1 fully saturated rings. The summed E-state index contributed by atoms with van der Waals surface area (Å²) in [6.07, 6.45) is -2.35. The zero-order valence-corrected chi connectivity index (χ0v) is 22.0. The Kier molecular flexibility index (Phi) is 13.6. The highest BCUT2D eigenvalue weighted by Gasteiger charge is 2.47. The lowest BCUT2D eigenvalue weighted by atomic mass is 10.0. The van der Waals surface area contributed by atoms with E-state index in [0.717, 1.165) is 0 Å². The molecule has 0 aromatic carbocycles. The van der Waals surface area contributed by atoms with Crippen molar-refractivity contribution in [2.75, 3.05) is 46.7 Å². The number of nitrogens with zero attached hydrogens (tertiary/aromatic N) is 1. The summed E-state index contributed by atoms with van der Waals surface area (Å²) in [7, 11) is 1.67. The summed E-state index contributed by atoms with van der Waals surface area (Å²) in [4.78, 5) is 5.46. The van der Waals surface area contributed by atoms with Crippen LogP contribution >= 0.6 is 12.8 Å². The van der Waals surface area contributed by atoms with E-state index in [1.54, 1.807) is 27.8 Å². The molecule has 3 N–H and O–H groups in total. The van der Waals surface area contributed by atoms with Gasteiger partial charge in [0.1, 0.15) is 24.4 Å². The lowest BCUT2D eigenvalue weighted by Crippen LogP contribution is -2.50. The second-order valence-electron chi connectivity index (χ2n) is 9.77. The molecule has 1 saturated heterocycles. The highest BCUT2D eigenvalue weighted by Crippen LogP contribution is 2.30. The summed E-state index contributed by atoms with van der Waals surface area (Å²) in [5.41, 5.74) is -1.43. The molecule has 6 unspecified atom stereocenters. The van der Waals surface area contributed by atoms with Gasteiger partial charge in [-0.1, -0.05) is 12.8 Å². The van der Waals surface area contributed by atoms with Crippen LogP contribution in [0.5, 0.6) is 0 Å². The molecule has 0 bridgehead atoms. The first-order valence-electron chi connectivity index (χ1n) is 11.5. The van der Waals surface area contributed by atoms with Gasteiger partial charge in [-0.2, -0.15) is 0 Å². The highest BCUT2D eigenvalue weighted by atomic mass is 32.1. The fraction of sp³-hybridized carbons (Fsp3) is 1.00. The Labute approximate surface area is 203 Å². The maximum absolute atomic E-state index is 9.59. The molecule has 0 amide bonds. The van der Waals surface area contributed by atoms with Gasteiger partial charge in [-0.15, -0.1) is 4.47 Å². The molecule has 11 heteroatoms. The number of rotatable bonds is 17. The second kappa shape index (κ2) is 14.5. The highest BCUT2D eigenvalue weighted by molar-refractivity contribution is 7.77. The molecule has 1 heterocycles. The molecule has 0 aliphatic carbocycles. The fourth-order valence-corrected chi connectivity index (χ4v) is 3.37. The number of thiol groups is 1. The van der Waals surface area contributed by atoms with Gasteiger partial charge in [0.2, 0.25) is 0 Å². The third kappa shape index (κ3) is 11.5. The Morgan fingerprint density at radius 1 is 1.09 bits per heavy atom. The van der Waals surface area contributed by atoms with E-state index >= 15 is 0 Å². The molecule has 0 spiro atoms. The maximum atomic E-state index is 9.59. The normalized spacial score (nSPS) is 24.9. The van der Waals surface area contributed by atoms with Crippen LogP contribution in [0.2, 0.25) is 0 Å². The molecule has 198 valence electrons.